The van der Waals surface area contributed by atoms with Crippen molar-refractivity contribution >= 4 is 41.9 Å². The molecule has 10 aliphatic rings. The summed E-state index contributed by atoms with van der Waals surface area (Å²) in [6, 6.07) is -10.8. The van der Waals surface area contributed by atoms with E-state index in [1.807, 2.05) is 0 Å². The van der Waals surface area contributed by atoms with Gasteiger partial charge >= 0.3 is 0 Å². The molecule has 62 heteroatoms. The number of aliphatic hydroxyl groups excluding tert-OH is 28. The Kier molecular flexibility index (Phi) is 42.4. The first kappa shape index (κ1) is 115. The van der Waals surface area contributed by atoms with Gasteiger partial charge in [0.1, 0.15) is 244 Å². The van der Waals surface area contributed by atoms with E-state index in [0.717, 1.165) is 34.6 Å². The molecule has 0 saturated carbocycles. The van der Waals surface area contributed by atoms with Gasteiger partial charge in [0.05, 0.1) is 97.5 Å². The van der Waals surface area contributed by atoms with Crippen molar-refractivity contribution in [3.8, 4) is 0 Å². The predicted octanol–water partition coefficient (Wildman–Crippen LogP) is -25.1. The van der Waals surface area contributed by atoms with Crippen molar-refractivity contribution in [2.24, 2.45) is 0 Å². The molecule has 52 atom stereocenters. The molecule has 0 aromatic rings. The van der Waals surface area contributed by atoms with Gasteiger partial charge in [0, 0.05) is 41.0 Å². The zero-order valence-corrected chi connectivity index (χ0v) is 74.7. The van der Waals surface area contributed by atoms with Crippen LogP contribution in [0.1, 0.15) is 41.0 Å². The maximum absolute atomic E-state index is 13.4. The van der Waals surface area contributed by atoms with Crippen LogP contribution in [0.2, 0.25) is 0 Å². The van der Waals surface area contributed by atoms with Gasteiger partial charge in [0.25, 0.3) is 0 Å². The quantitative estimate of drug-likeness (QED) is 0.0252. The van der Waals surface area contributed by atoms with E-state index in [9.17, 15) is 182 Å². The van der Waals surface area contributed by atoms with E-state index in [4.69, 9.17) is 94.7 Å². The van der Waals surface area contributed by atoms with Gasteiger partial charge in [0.2, 0.25) is 41.7 Å². The fourth-order valence-electron chi connectivity index (χ4n) is 17.7. The van der Waals surface area contributed by atoms with Gasteiger partial charge in [-0.1, -0.05) is 0 Å². The Morgan fingerprint density at radius 1 is 0.338 bits per heavy atom. The van der Waals surface area contributed by atoms with Crippen LogP contribution < -0.4 is 37.0 Å². The number of aliphatic hydroxyl groups is 28. The summed E-state index contributed by atoms with van der Waals surface area (Å²) in [6.45, 7) is -8.57. The lowest BCUT2D eigenvalue weighted by Gasteiger charge is -2.52. The average Bonchev–Trinajstić information content (AvgIpc) is 0.753. The van der Waals surface area contributed by atoms with Crippen molar-refractivity contribution in [3.05, 3.63) is 0 Å². The number of nitrogens with one attached hydrogen (secondary N) is 6. The van der Waals surface area contributed by atoms with E-state index in [2.05, 4.69) is 31.9 Å². The fourth-order valence-corrected chi connectivity index (χ4v) is 17.7. The SMILES string of the molecule is CC(=O)N[C@H]1[C@H](OC[C@H]2O[C@@H](O[C@H]3[C@H](O)[C@@H](NC(C)=O)[C@H](O[C@H]4[C@@H](O)[C@@H](CO)O[C@@H](O[C@H]5[C@H](O)[C@@H](O)[C@H](OC[C@@H](CO)NC=O)O[C@@H]5CO)[C@@H]4O)O[C@@H]3CO)[C@H](O)[C@@H](O[C@@H]3O[C@H](CO)[C@@H](O[C@@H]4O[C@H](CO)[C@H](O)[C@H](O[C@]5(C(=O)[O-])C[C@H](O)[C@@H](NC(C)=O)[C@H]([C@H](O)[C@H](O)CO)O5)[C@H]4O)[C@H](O)[C@H]3NC(C)=O)[C@H]2O)O[C@H](CO)[C@@H](O[C@@H]2O[C@H](CO)[C@H](O)[C@H](O[C@@H]3O[C@H](CO)[C@@H](O)[C@H](O)[C@H]3NC(C)=O)[C@H]2O)[C@@H]1O. The molecule has 0 aliphatic carbocycles. The van der Waals surface area contributed by atoms with Crippen molar-refractivity contribution in [2.75, 3.05) is 79.3 Å². The van der Waals surface area contributed by atoms with E-state index < -0.39 is 440 Å². The third-order valence-electron chi connectivity index (χ3n) is 24.8. The van der Waals surface area contributed by atoms with E-state index in [1.54, 1.807) is 0 Å². The second-order valence-electron chi connectivity index (χ2n) is 34.6. The van der Waals surface area contributed by atoms with Gasteiger partial charge in [-0.15, -0.1) is 0 Å². The lowest BCUT2D eigenvalue weighted by atomic mass is 9.88. The number of carboxylic acids is 1. The Bertz CT molecular complexity index is 3880. The highest BCUT2D eigenvalue weighted by atomic mass is 16.8. The van der Waals surface area contributed by atoms with Crippen molar-refractivity contribution in [1.29, 1.82) is 0 Å². The van der Waals surface area contributed by atoms with Gasteiger partial charge in [0.15, 0.2) is 56.6 Å². The molecule has 10 fully saturated rings. The highest BCUT2D eigenvalue weighted by molar-refractivity contribution is 5.76. The summed E-state index contributed by atoms with van der Waals surface area (Å²) in [5.41, 5.74) is 0. The number of carbonyl (C=O) groups is 7. The van der Waals surface area contributed by atoms with Crippen LogP contribution >= 0.6 is 0 Å². The van der Waals surface area contributed by atoms with Gasteiger partial charge in [-0.25, -0.2) is 0 Å². The summed E-state index contributed by atoms with van der Waals surface area (Å²) >= 11 is 0. The summed E-state index contributed by atoms with van der Waals surface area (Å²) in [4.78, 5) is 88.8. The molecule has 62 nitrogen and oxygen atoms in total. The molecule has 10 heterocycles. The molecule has 0 spiro atoms. The van der Waals surface area contributed by atoms with Crippen LogP contribution in [0.5, 0.6) is 0 Å². The van der Waals surface area contributed by atoms with Gasteiger partial charge in [-0.2, -0.15) is 0 Å². The van der Waals surface area contributed by atoms with Crippen LogP contribution in [0, 0.1) is 0 Å². The normalized spacial score (nSPS) is 45.6. The van der Waals surface area contributed by atoms with Crippen LogP contribution in [0.3, 0.4) is 0 Å². The maximum atomic E-state index is 13.4. The summed E-state index contributed by atoms with van der Waals surface area (Å²) in [5.74, 6) is -10.8. The third kappa shape index (κ3) is 26.3. The fraction of sp³-hybridized carbons (Fsp3) is 0.909. The number of hydrogen-bond donors (Lipinski definition) is 34. The van der Waals surface area contributed by atoms with E-state index >= 15 is 0 Å². The smallest absolute Gasteiger partial charge is 0.217 e. The summed E-state index contributed by atoms with van der Waals surface area (Å²) in [5, 5.41) is 342. The monoisotopic (exact) mass is 2030 g/mol. The number of aliphatic carboxylic acids is 1. The van der Waals surface area contributed by atoms with Gasteiger partial charge in [-0.3, -0.25) is 28.8 Å². The first-order chi connectivity index (χ1) is 65.8. The minimum Gasteiger partial charge on any atom is -0.544 e. The molecule has 0 radical (unpaired) electrons. The third-order valence-corrected chi connectivity index (χ3v) is 24.8. The Hall–Kier alpha value is -5.63. The topological polar surface area (TPSA) is 966 Å². The molecule has 802 valence electrons. The minimum absolute atomic E-state index is 0.227. The largest absolute Gasteiger partial charge is 0.544 e. The van der Waals surface area contributed by atoms with Crippen LogP contribution in [-0.2, 0) is 128 Å². The molecule has 0 bridgehead atoms. The molecule has 139 heavy (non-hydrogen) atoms. The van der Waals surface area contributed by atoms with Crippen LogP contribution in [0.15, 0.2) is 0 Å². The molecule has 34 N–H and O–H groups in total. The molecular formula is C77H127N6O56-. The summed E-state index contributed by atoms with van der Waals surface area (Å²) < 4.78 is 118. The standard InChI is InChI=1S/C77H128N6O56/c1-20(95)79-37-26(100)6-77(76(118)119,138-62(37)42(102)27(101)8-85)139-66-46(106)31(12-89)125-75(57(66)117)133-60-34(15-92)128-70(41(51(60)111)83-24(5)99)137-65-47(107)36(18-121-67-39(81-22(3)97)49(109)58(32(13-90)126-67)131-72-54(114)63(44(104)29(10-87)123-72)135-68-38(80-21(2)96)48(108)43(103)28(9-86)122-68)130-74(56(65)116)132-59-33(14-91)127-69(40(50(59)110)82-23(4)98)136-64-45(105)30(11-88)124-73(55(64)115)134-61-35(16-93)129-71(53(113)52(61)112)120-17-25(7-84)78-19-94/h19,25-75,84-93,100-117H,6-18H2,1-5H3,(H,78,94)(H,79,95)(H,80,96)(H,81,97)(H,82,98)(H,83,99)(H,118,119)/p-1/t25-,26+,27-,28-,29-,30-,31-,32-,33-,34-,35-,36-,37-,38-,39-,40-,41-,42-,43-,44+,45+,46+,47+,48-,49-,50-,51-,52-,53-,54-,55-,56-,57-,58-,59-,60-,61-,62-,63+,64+,65+,66+,67-,68+,69+,70+,71-,72+,73+,74+,75+,77+/m1/s1. The van der Waals surface area contributed by atoms with Crippen LogP contribution in [0.4, 0.5) is 0 Å². The number of ether oxygens (including phenoxy) is 20. The molecule has 0 unspecified atom stereocenters. The second kappa shape index (κ2) is 51.1. The van der Waals surface area contributed by atoms with Crippen LogP contribution in [-0.4, -0.2) is 583 Å². The van der Waals surface area contributed by atoms with Gasteiger partial charge in [-0.05, 0) is 0 Å². The number of carboxylic acid groups (broad SMARTS) is 1. The molecular weight excluding hydrogens is 1900 g/mol. The van der Waals surface area contributed by atoms with E-state index in [1.165, 1.54) is 0 Å². The number of carbonyl (C=O) groups excluding carboxylic acids is 7. The Balaban J connectivity index is 0.953. The lowest BCUT2D eigenvalue weighted by molar-refractivity contribution is -0.411. The summed E-state index contributed by atoms with van der Waals surface area (Å²) in [7, 11) is 0. The number of hydrogen-bond acceptors (Lipinski definition) is 56. The van der Waals surface area contributed by atoms with Crippen molar-refractivity contribution in [3.63, 3.8) is 0 Å². The zero-order valence-electron chi connectivity index (χ0n) is 74.7. The van der Waals surface area contributed by atoms with E-state index in [-0.39, 0.29) is 6.41 Å². The molecule has 0 aromatic carbocycles. The van der Waals surface area contributed by atoms with Gasteiger partial charge < -0.3 is 280 Å². The Labute approximate surface area is 786 Å². The maximum Gasteiger partial charge on any atom is 0.217 e. The molecule has 10 saturated heterocycles. The molecule has 6 amide bonds. The van der Waals surface area contributed by atoms with E-state index in [0.29, 0.717) is 0 Å². The highest BCUT2D eigenvalue weighted by Crippen LogP contribution is 2.43. The number of rotatable bonds is 42. The second-order valence-corrected chi connectivity index (χ2v) is 34.6. The average molecular weight is 2030 g/mol. The minimum atomic E-state index is -3.46. The Morgan fingerprint density at radius 2 is 0.640 bits per heavy atom. The predicted molar refractivity (Wildman–Crippen MR) is 426 cm³/mol. The van der Waals surface area contributed by atoms with Crippen molar-refractivity contribution in [1.82, 2.24) is 31.9 Å². The molecule has 10 aliphatic heterocycles. The van der Waals surface area contributed by atoms with Crippen molar-refractivity contribution < 1.29 is 276 Å². The zero-order chi connectivity index (χ0) is 103. The first-order valence-corrected chi connectivity index (χ1v) is 44.0. The van der Waals surface area contributed by atoms with Crippen LogP contribution in [0.25, 0.3) is 0 Å². The molecule has 10 rings (SSSR count). The van der Waals surface area contributed by atoms with Crippen molar-refractivity contribution in [2.45, 2.75) is 359 Å². The molecule has 0 aromatic heterocycles. The number of amides is 6. The first-order valence-electron chi connectivity index (χ1n) is 44.0. The Morgan fingerprint density at radius 3 is 1.00 bits per heavy atom. The highest BCUT2D eigenvalue weighted by Gasteiger charge is 2.64. The summed E-state index contributed by atoms with van der Waals surface area (Å²) in [6.07, 6.45) is -99.4. The lowest BCUT2D eigenvalue weighted by Crippen LogP contribution is -2.72.